The topological polar surface area (TPSA) is 17.3 Å². The molecule has 0 bridgehead atoms. The fourth-order valence-electron chi connectivity index (χ4n) is 1.82. The number of rotatable bonds is 1. The average Bonchev–Trinajstić information content (AvgIpc) is 2.82. The van der Waals surface area contributed by atoms with Gasteiger partial charge in [-0.1, -0.05) is 12.1 Å². The fourth-order valence-corrected chi connectivity index (χ4v) is 3.13. The summed E-state index contributed by atoms with van der Waals surface area (Å²) in [5, 5.41) is 0. The van der Waals surface area contributed by atoms with Crippen LogP contribution in [0.3, 0.4) is 0 Å². The van der Waals surface area contributed by atoms with Crippen molar-refractivity contribution in [3.05, 3.63) is 44.6 Å². The van der Waals surface area contributed by atoms with Crippen molar-refractivity contribution in [3.63, 3.8) is 0 Å². The molecule has 0 aliphatic heterocycles. The molecule has 0 aliphatic carbocycles. The Hall–Kier alpha value is -0.880. The first-order chi connectivity index (χ1) is 8.15. The van der Waals surface area contributed by atoms with Crippen LogP contribution in [0.25, 0.3) is 16.2 Å². The highest BCUT2D eigenvalue weighted by Crippen LogP contribution is 2.26. The molecule has 0 unspecified atom stereocenters. The molecule has 0 amide bonds. The van der Waals surface area contributed by atoms with Crippen LogP contribution in [0.15, 0.2) is 30.5 Å². The van der Waals surface area contributed by atoms with Gasteiger partial charge in [-0.05, 0) is 48.6 Å². The van der Waals surface area contributed by atoms with Crippen LogP contribution in [-0.2, 0) is 0 Å². The second-order valence-corrected chi connectivity index (χ2v) is 6.46. The van der Waals surface area contributed by atoms with E-state index in [1.807, 2.05) is 0 Å². The lowest BCUT2D eigenvalue weighted by Crippen LogP contribution is -1.82. The third-order valence-corrected chi connectivity index (χ3v) is 4.72. The van der Waals surface area contributed by atoms with E-state index in [9.17, 15) is 0 Å². The van der Waals surface area contributed by atoms with Gasteiger partial charge in [-0.15, -0.1) is 11.3 Å². The van der Waals surface area contributed by atoms with Crippen molar-refractivity contribution >= 4 is 38.9 Å². The first-order valence-electron chi connectivity index (χ1n) is 5.36. The molecule has 0 saturated carbocycles. The third-order valence-electron chi connectivity index (χ3n) is 2.93. The SMILES string of the molecule is Cc1sc2nc(-c3ccc(I)cc3)cn2c1C. The van der Waals surface area contributed by atoms with E-state index in [0.29, 0.717) is 0 Å². The Kier molecular flexibility index (Phi) is 2.71. The van der Waals surface area contributed by atoms with Gasteiger partial charge in [0.1, 0.15) is 0 Å². The third kappa shape index (κ3) is 1.89. The zero-order chi connectivity index (χ0) is 12.0. The largest absolute Gasteiger partial charge is 0.294 e. The number of benzene rings is 1. The number of fused-ring (bicyclic) bond motifs is 1. The number of halogens is 1. The Balaban J connectivity index is 2.15. The lowest BCUT2D eigenvalue weighted by molar-refractivity contribution is 1.11. The Bertz CT molecular complexity index is 679. The molecule has 0 radical (unpaired) electrons. The van der Waals surface area contributed by atoms with Crippen LogP contribution in [0.4, 0.5) is 0 Å². The molecule has 0 fully saturated rings. The van der Waals surface area contributed by atoms with Gasteiger partial charge in [0.25, 0.3) is 0 Å². The minimum absolute atomic E-state index is 1.05. The minimum Gasteiger partial charge on any atom is -0.294 e. The van der Waals surface area contributed by atoms with Crippen LogP contribution in [0.1, 0.15) is 10.6 Å². The van der Waals surface area contributed by atoms with E-state index in [0.717, 1.165) is 10.7 Å². The molecule has 3 rings (SSSR count). The van der Waals surface area contributed by atoms with Crippen molar-refractivity contribution in [1.29, 1.82) is 0 Å². The number of aromatic nitrogens is 2. The van der Waals surface area contributed by atoms with Crippen LogP contribution in [0.2, 0.25) is 0 Å². The predicted octanol–water partition coefficient (Wildman–Crippen LogP) is 4.28. The minimum atomic E-state index is 1.05. The first-order valence-corrected chi connectivity index (χ1v) is 7.26. The molecule has 86 valence electrons. The van der Waals surface area contributed by atoms with Crippen LogP contribution >= 0.6 is 33.9 Å². The van der Waals surface area contributed by atoms with Crippen molar-refractivity contribution in [3.8, 4) is 11.3 Å². The van der Waals surface area contributed by atoms with Gasteiger partial charge < -0.3 is 0 Å². The molecule has 0 N–H and O–H groups in total. The van der Waals surface area contributed by atoms with Gasteiger partial charge in [0.05, 0.1) is 5.69 Å². The summed E-state index contributed by atoms with van der Waals surface area (Å²) >= 11 is 4.06. The monoisotopic (exact) mass is 354 g/mol. The number of hydrogen-bond donors (Lipinski definition) is 0. The van der Waals surface area contributed by atoms with E-state index in [4.69, 9.17) is 0 Å². The maximum Gasteiger partial charge on any atom is 0.194 e. The van der Waals surface area contributed by atoms with Crippen LogP contribution < -0.4 is 0 Å². The van der Waals surface area contributed by atoms with Gasteiger partial charge in [0.2, 0.25) is 0 Å². The Morgan fingerprint density at radius 3 is 2.53 bits per heavy atom. The van der Waals surface area contributed by atoms with Crippen molar-refractivity contribution in [2.24, 2.45) is 0 Å². The normalized spacial score (nSPS) is 11.2. The summed E-state index contributed by atoms with van der Waals surface area (Å²) in [4.78, 5) is 7.09. The van der Waals surface area contributed by atoms with E-state index in [2.05, 4.69) is 76.3 Å². The van der Waals surface area contributed by atoms with Gasteiger partial charge in [-0.3, -0.25) is 4.40 Å². The molecule has 4 heteroatoms. The highest BCUT2D eigenvalue weighted by Gasteiger charge is 2.09. The number of thiazole rings is 1. The summed E-state index contributed by atoms with van der Waals surface area (Å²) in [6.45, 7) is 4.28. The van der Waals surface area contributed by atoms with E-state index >= 15 is 0 Å². The molecule has 0 atom stereocenters. The highest BCUT2D eigenvalue weighted by atomic mass is 127. The Morgan fingerprint density at radius 2 is 1.88 bits per heavy atom. The van der Waals surface area contributed by atoms with Crippen LogP contribution in [0, 0.1) is 17.4 Å². The maximum atomic E-state index is 4.67. The molecular weight excluding hydrogens is 343 g/mol. The molecule has 0 aliphatic rings. The molecule has 17 heavy (non-hydrogen) atoms. The molecule has 3 aromatic rings. The van der Waals surface area contributed by atoms with E-state index in [-0.39, 0.29) is 0 Å². The molecule has 1 aromatic carbocycles. The van der Waals surface area contributed by atoms with Gasteiger partial charge in [-0.25, -0.2) is 4.98 Å². The smallest absolute Gasteiger partial charge is 0.194 e. The molecule has 2 nitrogen and oxygen atoms in total. The molecule has 2 heterocycles. The lowest BCUT2D eigenvalue weighted by Gasteiger charge is -1.96. The second-order valence-electron chi connectivity index (χ2n) is 4.03. The number of aryl methyl sites for hydroxylation is 2. The summed E-state index contributed by atoms with van der Waals surface area (Å²) in [7, 11) is 0. The summed E-state index contributed by atoms with van der Waals surface area (Å²) in [6.07, 6.45) is 2.12. The number of imidazole rings is 1. The Labute approximate surface area is 117 Å². The van der Waals surface area contributed by atoms with Crippen molar-refractivity contribution in [1.82, 2.24) is 9.38 Å². The first kappa shape index (κ1) is 11.2. The van der Waals surface area contributed by atoms with Gasteiger partial charge in [0.15, 0.2) is 4.96 Å². The van der Waals surface area contributed by atoms with Gasteiger partial charge in [-0.2, -0.15) is 0 Å². The standard InChI is InChI=1S/C13H11IN2S/c1-8-9(2)17-13-15-12(7-16(8)13)10-3-5-11(14)6-4-10/h3-7H,1-2H3. The predicted molar refractivity (Wildman–Crippen MR) is 80.7 cm³/mol. The highest BCUT2D eigenvalue weighted by molar-refractivity contribution is 14.1. The molecule has 0 saturated heterocycles. The second kappa shape index (κ2) is 4.10. The van der Waals surface area contributed by atoms with Crippen LogP contribution in [0.5, 0.6) is 0 Å². The lowest BCUT2D eigenvalue weighted by atomic mass is 10.2. The van der Waals surface area contributed by atoms with Crippen LogP contribution in [-0.4, -0.2) is 9.38 Å². The zero-order valence-corrected chi connectivity index (χ0v) is 12.5. The number of hydrogen-bond acceptors (Lipinski definition) is 2. The summed E-state index contributed by atoms with van der Waals surface area (Å²) < 4.78 is 3.42. The quantitative estimate of drug-likeness (QED) is 0.596. The van der Waals surface area contributed by atoms with Crippen molar-refractivity contribution < 1.29 is 0 Å². The zero-order valence-electron chi connectivity index (χ0n) is 9.57. The molecule has 0 spiro atoms. The number of nitrogens with zero attached hydrogens (tertiary/aromatic N) is 2. The average molecular weight is 354 g/mol. The molecule has 2 aromatic heterocycles. The van der Waals surface area contributed by atoms with E-state index in [1.165, 1.54) is 19.7 Å². The summed E-state index contributed by atoms with van der Waals surface area (Å²) in [5.41, 5.74) is 3.52. The summed E-state index contributed by atoms with van der Waals surface area (Å²) in [6, 6.07) is 8.47. The van der Waals surface area contributed by atoms with E-state index < -0.39 is 0 Å². The Morgan fingerprint density at radius 1 is 1.18 bits per heavy atom. The maximum absolute atomic E-state index is 4.67. The van der Waals surface area contributed by atoms with Gasteiger partial charge in [0, 0.05) is 25.9 Å². The van der Waals surface area contributed by atoms with Crippen molar-refractivity contribution in [2.75, 3.05) is 0 Å². The van der Waals surface area contributed by atoms with Crippen molar-refractivity contribution in [2.45, 2.75) is 13.8 Å². The fraction of sp³-hybridized carbons (Fsp3) is 0.154. The van der Waals surface area contributed by atoms with Gasteiger partial charge >= 0.3 is 0 Å². The molecular formula is C13H11IN2S. The van der Waals surface area contributed by atoms with E-state index in [1.54, 1.807) is 11.3 Å². The summed E-state index contributed by atoms with van der Waals surface area (Å²) in [5.74, 6) is 0.